The Kier molecular flexibility index (Phi) is 7.89. The highest BCUT2D eigenvalue weighted by atomic mass is 32.1. The second-order valence-corrected chi connectivity index (χ2v) is 12.3. The Bertz CT molecular complexity index is 1760. The van der Waals surface area contributed by atoms with Crippen molar-refractivity contribution < 1.29 is 27.8 Å². The van der Waals surface area contributed by atoms with Gasteiger partial charge in [-0.15, -0.1) is 11.3 Å². The molecule has 220 valence electrons. The first-order chi connectivity index (χ1) is 19.9. The van der Waals surface area contributed by atoms with Crippen LogP contribution in [0.15, 0.2) is 47.4 Å². The van der Waals surface area contributed by atoms with E-state index in [-0.39, 0.29) is 34.9 Å². The minimum atomic E-state index is -0.887. The van der Waals surface area contributed by atoms with E-state index in [1.807, 2.05) is 26.8 Å². The molecule has 3 heterocycles. The van der Waals surface area contributed by atoms with Crippen LogP contribution in [0.3, 0.4) is 0 Å². The summed E-state index contributed by atoms with van der Waals surface area (Å²) in [6.07, 6.45) is 3.31. The molecule has 4 aromatic rings. The quantitative estimate of drug-likeness (QED) is 0.235. The summed E-state index contributed by atoms with van der Waals surface area (Å²) in [4.78, 5) is 47.0. The minimum absolute atomic E-state index is 0.0472. The molecule has 0 saturated carbocycles. The lowest BCUT2D eigenvalue weighted by molar-refractivity contribution is 0.0205. The van der Waals surface area contributed by atoms with E-state index >= 15 is 0 Å². The maximum Gasteiger partial charge on any atom is 0.410 e. The van der Waals surface area contributed by atoms with Crippen molar-refractivity contribution >= 4 is 34.4 Å². The molecule has 0 fully saturated rings. The number of amides is 1. The van der Waals surface area contributed by atoms with E-state index in [1.54, 1.807) is 42.3 Å². The zero-order valence-corrected chi connectivity index (χ0v) is 24.8. The molecule has 1 unspecified atom stereocenters. The number of hydrogen-bond donors (Lipinski definition) is 0. The number of fused-ring (bicyclic) bond motifs is 2. The van der Waals surface area contributed by atoms with E-state index < -0.39 is 34.7 Å². The van der Waals surface area contributed by atoms with Crippen molar-refractivity contribution in [1.82, 2.24) is 14.5 Å². The lowest BCUT2D eigenvalue weighted by Gasteiger charge is -2.33. The van der Waals surface area contributed by atoms with Gasteiger partial charge in [-0.1, -0.05) is 0 Å². The summed E-state index contributed by atoms with van der Waals surface area (Å²) in [6.45, 7) is 7.14. The van der Waals surface area contributed by atoms with Crippen LogP contribution in [0.4, 0.5) is 13.6 Å². The number of aryl methyl sites for hydroxylation is 1. The largest absolute Gasteiger partial charge is 0.462 e. The Morgan fingerprint density at radius 1 is 1.17 bits per heavy atom. The van der Waals surface area contributed by atoms with Crippen molar-refractivity contribution in [1.29, 1.82) is 0 Å². The fraction of sp³-hybridized carbons (Fsp3) is 0.355. The minimum Gasteiger partial charge on any atom is -0.462 e. The smallest absolute Gasteiger partial charge is 0.410 e. The number of benzene rings is 1. The van der Waals surface area contributed by atoms with Crippen LogP contribution >= 0.6 is 11.3 Å². The van der Waals surface area contributed by atoms with Gasteiger partial charge in [0.25, 0.3) is 0 Å². The number of carbonyl (C=O) groups excluding carboxylic acids is 2. The van der Waals surface area contributed by atoms with Gasteiger partial charge in [-0.05, 0) is 82.9 Å². The summed E-state index contributed by atoms with van der Waals surface area (Å²) in [5, 5.41) is 0.0804. The molecule has 0 saturated heterocycles. The van der Waals surface area contributed by atoms with Crippen LogP contribution in [0.2, 0.25) is 0 Å². The van der Waals surface area contributed by atoms with E-state index in [1.165, 1.54) is 16.8 Å². The molecule has 0 bridgehead atoms. The van der Waals surface area contributed by atoms with Crippen LogP contribution in [-0.4, -0.2) is 45.8 Å². The van der Waals surface area contributed by atoms with E-state index in [9.17, 15) is 23.2 Å². The highest BCUT2D eigenvalue weighted by Crippen LogP contribution is 2.42. The Morgan fingerprint density at radius 2 is 1.93 bits per heavy atom. The van der Waals surface area contributed by atoms with Gasteiger partial charge in [-0.2, -0.15) is 0 Å². The first kappa shape index (κ1) is 29.4. The molecular weight excluding hydrogens is 564 g/mol. The van der Waals surface area contributed by atoms with Gasteiger partial charge in [0, 0.05) is 24.2 Å². The van der Waals surface area contributed by atoms with Crippen molar-refractivity contribution in [2.24, 2.45) is 0 Å². The Balaban J connectivity index is 1.63. The topological polar surface area (TPSA) is 90.7 Å². The fourth-order valence-corrected chi connectivity index (χ4v) is 6.31. The highest BCUT2D eigenvalue weighted by molar-refractivity contribution is 7.15. The number of thiophene rings is 1. The average molecular weight is 596 g/mol. The third kappa shape index (κ3) is 5.65. The predicted molar refractivity (Wildman–Crippen MR) is 156 cm³/mol. The third-order valence-electron chi connectivity index (χ3n) is 7.00. The number of rotatable bonds is 5. The molecule has 42 heavy (non-hydrogen) atoms. The molecule has 1 atom stereocenters. The van der Waals surface area contributed by atoms with Gasteiger partial charge < -0.3 is 14.4 Å². The molecule has 1 aromatic carbocycles. The van der Waals surface area contributed by atoms with Crippen LogP contribution in [0.25, 0.3) is 27.3 Å². The maximum atomic E-state index is 15.0. The van der Waals surface area contributed by atoms with Crippen molar-refractivity contribution in [3.05, 3.63) is 80.5 Å². The van der Waals surface area contributed by atoms with Gasteiger partial charge in [-0.3, -0.25) is 9.36 Å². The van der Waals surface area contributed by atoms with Crippen LogP contribution in [0, 0.1) is 11.6 Å². The Labute approximate surface area is 245 Å². The lowest BCUT2D eigenvalue weighted by atomic mass is 9.92. The maximum absolute atomic E-state index is 15.0. The molecule has 1 aliphatic rings. The zero-order chi connectivity index (χ0) is 30.3. The molecule has 0 radical (unpaired) electrons. The van der Waals surface area contributed by atoms with Gasteiger partial charge >= 0.3 is 12.1 Å². The average Bonchev–Trinajstić information content (AvgIpc) is 3.37. The molecule has 11 heteroatoms. The number of nitrogens with zero attached hydrogens (tertiary/aromatic N) is 3. The summed E-state index contributed by atoms with van der Waals surface area (Å²) < 4.78 is 40.6. The van der Waals surface area contributed by atoms with E-state index in [4.69, 9.17) is 14.5 Å². The summed E-state index contributed by atoms with van der Waals surface area (Å²) in [5.41, 5.74) is 0.0418. The number of ether oxygens (including phenoxy) is 2. The molecular formula is C31H31F2N3O5S. The SMILES string of the molecule is CCOC(=O)c1cn(-c2ccc(F)cc2F)c2nc(-c3cc4c(s3)CCCC4N(C)C(=O)OC(C)(C)C)ccc2c1=O. The number of hydrogen-bond acceptors (Lipinski definition) is 7. The number of carbonyl (C=O) groups is 2. The third-order valence-corrected chi connectivity index (χ3v) is 8.23. The molecule has 1 amide bonds. The van der Waals surface area contributed by atoms with Crippen LogP contribution in [0.1, 0.15) is 67.4 Å². The Hall–Kier alpha value is -4.12. The van der Waals surface area contributed by atoms with Gasteiger partial charge in [0.15, 0.2) is 0 Å². The summed E-state index contributed by atoms with van der Waals surface area (Å²) >= 11 is 1.54. The molecule has 0 N–H and O–H groups in total. The zero-order valence-electron chi connectivity index (χ0n) is 24.0. The summed E-state index contributed by atoms with van der Waals surface area (Å²) in [6, 6.07) is 8.07. The molecule has 8 nitrogen and oxygen atoms in total. The van der Waals surface area contributed by atoms with Crippen molar-refractivity contribution in [2.75, 3.05) is 13.7 Å². The summed E-state index contributed by atoms with van der Waals surface area (Å²) in [7, 11) is 1.73. The first-order valence-corrected chi connectivity index (χ1v) is 14.5. The highest BCUT2D eigenvalue weighted by Gasteiger charge is 2.32. The number of halogens is 2. The first-order valence-electron chi connectivity index (χ1n) is 13.7. The van der Waals surface area contributed by atoms with E-state index in [0.717, 1.165) is 46.7 Å². The predicted octanol–water partition coefficient (Wildman–Crippen LogP) is 6.81. The van der Waals surface area contributed by atoms with Gasteiger partial charge in [0.2, 0.25) is 5.43 Å². The second-order valence-electron chi connectivity index (χ2n) is 11.1. The standard InChI is InChI=1S/C31H31F2N3O5S/c1-6-40-29(38)20-16-36(24-13-10-17(32)14-21(24)33)28-18(27(20)37)11-12-22(34-28)26-15-19-23(8-7-9-25(19)42-26)35(5)30(39)41-31(2,3)4/h10-16,23H,6-9H2,1-5H3. The monoisotopic (exact) mass is 595 g/mol. The second kappa shape index (κ2) is 11.3. The lowest BCUT2D eigenvalue weighted by Crippen LogP contribution is -2.37. The van der Waals surface area contributed by atoms with Crippen molar-refractivity contribution in [3.63, 3.8) is 0 Å². The molecule has 0 spiro atoms. The molecule has 1 aliphatic carbocycles. The van der Waals surface area contributed by atoms with Crippen LogP contribution < -0.4 is 5.43 Å². The molecule has 3 aromatic heterocycles. The number of pyridine rings is 2. The van der Waals surface area contributed by atoms with Gasteiger partial charge in [-0.25, -0.2) is 23.4 Å². The van der Waals surface area contributed by atoms with Crippen molar-refractivity contribution in [2.45, 2.75) is 58.6 Å². The van der Waals surface area contributed by atoms with Crippen molar-refractivity contribution in [3.8, 4) is 16.3 Å². The van der Waals surface area contributed by atoms with Gasteiger partial charge in [0.1, 0.15) is 28.4 Å². The van der Waals surface area contributed by atoms with E-state index in [0.29, 0.717) is 5.69 Å². The van der Waals surface area contributed by atoms with Crippen LogP contribution in [-0.2, 0) is 15.9 Å². The number of esters is 1. The molecule has 0 aliphatic heterocycles. The molecule has 5 rings (SSSR count). The normalized spacial score (nSPS) is 14.9. The van der Waals surface area contributed by atoms with Crippen LogP contribution in [0.5, 0.6) is 0 Å². The van der Waals surface area contributed by atoms with Gasteiger partial charge in [0.05, 0.1) is 34.3 Å². The number of aromatic nitrogens is 2. The Morgan fingerprint density at radius 3 is 2.62 bits per heavy atom. The summed E-state index contributed by atoms with van der Waals surface area (Å²) in [5.74, 6) is -2.51. The fourth-order valence-electron chi connectivity index (χ4n) is 5.08. The van der Waals surface area contributed by atoms with E-state index in [2.05, 4.69) is 0 Å².